The summed E-state index contributed by atoms with van der Waals surface area (Å²) in [5, 5.41) is 2.81. The van der Waals surface area contributed by atoms with E-state index in [1.165, 1.54) is 0 Å². The van der Waals surface area contributed by atoms with E-state index >= 15 is 0 Å². The van der Waals surface area contributed by atoms with E-state index in [4.69, 9.17) is 0 Å². The summed E-state index contributed by atoms with van der Waals surface area (Å²) in [4.78, 5) is 25.0. The average molecular weight is 212 g/mol. The van der Waals surface area contributed by atoms with Crippen molar-refractivity contribution in [2.45, 2.75) is 39.7 Å². The van der Waals surface area contributed by atoms with Gasteiger partial charge in [-0.2, -0.15) is 0 Å². The predicted molar refractivity (Wildman–Crippen MR) is 58.3 cm³/mol. The van der Waals surface area contributed by atoms with E-state index in [1.807, 2.05) is 6.92 Å². The van der Waals surface area contributed by atoms with E-state index < -0.39 is 0 Å². The van der Waals surface area contributed by atoms with Gasteiger partial charge in [0, 0.05) is 19.5 Å². The lowest BCUT2D eigenvalue weighted by Crippen LogP contribution is -2.57. The van der Waals surface area contributed by atoms with Gasteiger partial charge in [0.25, 0.3) is 0 Å². The highest BCUT2D eigenvalue weighted by molar-refractivity contribution is 5.88. The zero-order valence-electron chi connectivity index (χ0n) is 9.75. The third-order valence-electron chi connectivity index (χ3n) is 2.65. The number of piperazine rings is 1. The van der Waals surface area contributed by atoms with E-state index in [9.17, 15) is 9.59 Å². The fourth-order valence-corrected chi connectivity index (χ4v) is 1.90. The molecule has 0 aliphatic carbocycles. The number of nitrogens with zero attached hydrogens (tertiary/aromatic N) is 1. The average Bonchev–Trinajstić information content (AvgIpc) is 2.19. The van der Waals surface area contributed by atoms with Crippen LogP contribution in [-0.2, 0) is 9.59 Å². The Hall–Kier alpha value is -1.06. The molecule has 1 rings (SSSR count). The first-order chi connectivity index (χ1) is 7.06. The fraction of sp³-hybridized carbons (Fsp3) is 0.818. The van der Waals surface area contributed by atoms with Crippen molar-refractivity contribution in [2.75, 3.05) is 13.1 Å². The summed E-state index contributed by atoms with van der Waals surface area (Å²) in [6, 6.07) is -0.258. The highest BCUT2D eigenvalue weighted by Crippen LogP contribution is 2.15. The zero-order chi connectivity index (χ0) is 11.4. The minimum atomic E-state index is -0.258. The van der Waals surface area contributed by atoms with E-state index in [0.29, 0.717) is 25.4 Å². The Labute approximate surface area is 91.0 Å². The molecule has 1 N–H and O–H groups in total. The molecule has 2 amide bonds. The van der Waals surface area contributed by atoms with Crippen LogP contribution in [0, 0.1) is 5.92 Å². The molecule has 1 aliphatic heterocycles. The summed E-state index contributed by atoms with van der Waals surface area (Å²) in [5.41, 5.74) is 0. The van der Waals surface area contributed by atoms with Gasteiger partial charge in [0.2, 0.25) is 11.8 Å². The molecule has 15 heavy (non-hydrogen) atoms. The highest BCUT2D eigenvalue weighted by atomic mass is 16.2. The Bertz CT molecular complexity index is 251. The molecule has 0 bridgehead atoms. The summed E-state index contributed by atoms with van der Waals surface area (Å²) >= 11 is 0. The highest BCUT2D eigenvalue weighted by Gasteiger charge is 2.32. The molecule has 1 aliphatic rings. The number of amides is 2. The number of carbonyl (C=O) groups excluding carboxylic acids is 2. The Kier molecular flexibility index (Phi) is 4.12. The first-order valence-corrected chi connectivity index (χ1v) is 5.63. The molecule has 86 valence electrons. The third kappa shape index (κ3) is 2.94. The number of carbonyl (C=O) groups is 2. The molecule has 0 aromatic heterocycles. The lowest BCUT2D eigenvalue weighted by atomic mass is 10.00. The summed E-state index contributed by atoms with van der Waals surface area (Å²) in [6.45, 7) is 7.20. The van der Waals surface area contributed by atoms with E-state index in [2.05, 4.69) is 19.2 Å². The van der Waals surface area contributed by atoms with Gasteiger partial charge in [-0.3, -0.25) is 9.59 Å². The topological polar surface area (TPSA) is 49.4 Å². The number of hydrogen-bond acceptors (Lipinski definition) is 2. The molecular formula is C11H20N2O2. The summed E-state index contributed by atoms with van der Waals surface area (Å²) in [7, 11) is 0. The van der Waals surface area contributed by atoms with E-state index in [0.717, 1.165) is 6.42 Å². The molecule has 0 unspecified atom stereocenters. The Morgan fingerprint density at radius 2 is 2.27 bits per heavy atom. The van der Waals surface area contributed by atoms with Crippen molar-refractivity contribution in [3.8, 4) is 0 Å². The maximum Gasteiger partial charge on any atom is 0.242 e. The normalized spacial score (nSPS) is 21.7. The Balaban J connectivity index is 2.72. The fourth-order valence-electron chi connectivity index (χ4n) is 1.90. The zero-order valence-corrected chi connectivity index (χ0v) is 9.75. The van der Waals surface area contributed by atoms with Crippen molar-refractivity contribution in [3.63, 3.8) is 0 Å². The lowest BCUT2D eigenvalue weighted by Gasteiger charge is -2.35. The molecule has 1 fully saturated rings. The van der Waals surface area contributed by atoms with E-state index in [1.54, 1.807) is 4.90 Å². The molecule has 4 heteroatoms. The molecule has 0 aromatic carbocycles. The van der Waals surface area contributed by atoms with Crippen LogP contribution in [0.1, 0.15) is 33.6 Å². The number of nitrogens with one attached hydrogen (secondary N) is 1. The van der Waals surface area contributed by atoms with Gasteiger partial charge in [-0.25, -0.2) is 0 Å². The summed E-state index contributed by atoms with van der Waals surface area (Å²) in [6.07, 6.45) is 1.22. The molecule has 1 heterocycles. The molecule has 1 atom stereocenters. The predicted octanol–water partition coefficient (Wildman–Crippen LogP) is 0.770. The Morgan fingerprint density at radius 3 is 2.80 bits per heavy atom. The minimum Gasteiger partial charge on any atom is -0.353 e. The largest absolute Gasteiger partial charge is 0.353 e. The molecule has 4 nitrogen and oxygen atoms in total. The first kappa shape index (κ1) is 12.0. The number of hydrogen-bond donors (Lipinski definition) is 1. The van der Waals surface area contributed by atoms with Crippen LogP contribution in [0.4, 0.5) is 0 Å². The quantitative estimate of drug-likeness (QED) is 0.751. The van der Waals surface area contributed by atoms with Crippen LogP contribution in [0.15, 0.2) is 0 Å². The third-order valence-corrected chi connectivity index (χ3v) is 2.65. The maximum absolute atomic E-state index is 11.7. The molecular weight excluding hydrogens is 192 g/mol. The van der Waals surface area contributed by atoms with Crippen molar-refractivity contribution in [3.05, 3.63) is 0 Å². The number of rotatable bonds is 3. The van der Waals surface area contributed by atoms with Crippen molar-refractivity contribution >= 4 is 11.8 Å². The summed E-state index contributed by atoms with van der Waals surface area (Å²) in [5.74, 6) is 0.498. The second-order valence-corrected chi connectivity index (χ2v) is 4.38. The van der Waals surface area contributed by atoms with Crippen LogP contribution in [-0.4, -0.2) is 35.8 Å². The van der Waals surface area contributed by atoms with E-state index in [-0.39, 0.29) is 17.9 Å². The summed E-state index contributed by atoms with van der Waals surface area (Å²) < 4.78 is 0. The second-order valence-electron chi connectivity index (χ2n) is 4.38. The van der Waals surface area contributed by atoms with Gasteiger partial charge in [-0.15, -0.1) is 0 Å². The molecule has 0 saturated carbocycles. The van der Waals surface area contributed by atoms with Gasteiger partial charge in [-0.05, 0) is 12.3 Å². The van der Waals surface area contributed by atoms with Gasteiger partial charge in [-0.1, -0.05) is 20.8 Å². The Morgan fingerprint density at radius 1 is 1.60 bits per heavy atom. The van der Waals surface area contributed by atoms with Gasteiger partial charge < -0.3 is 10.2 Å². The van der Waals surface area contributed by atoms with Gasteiger partial charge >= 0.3 is 0 Å². The standard InChI is InChI=1S/C11H20N2O2/c1-4-10(14)13-6-5-12-11(15)9(13)7-8(2)3/h8-9H,4-7H2,1-3H3,(H,12,15)/t9-/m0/s1. The smallest absolute Gasteiger partial charge is 0.242 e. The van der Waals surface area contributed by atoms with Crippen LogP contribution in [0.25, 0.3) is 0 Å². The van der Waals surface area contributed by atoms with Crippen molar-refractivity contribution < 1.29 is 9.59 Å². The first-order valence-electron chi connectivity index (χ1n) is 5.63. The van der Waals surface area contributed by atoms with Crippen LogP contribution >= 0.6 is 0 Å². The molecule has 1 saturated heterocycles. The van der Waals surface area contributed by atoms with Gasteiger partial charge in [0.05, 0.1) is 0 Å². The van der Waals surface area contributed by atoms with Crippen LogP contribution in [0.3, 0.4) is 0 Å². The molecule has 0 radical (unpaired) electrons. The van der Waals surface area contributed by atoms with Crippen molar-refractivity contribution in [1.82, 2.24) is 10.2 Å². The molecule has 0 aromatic rings. The van der Waals surface area contributed by atoms with Crippen molar-refractivity contribution in [1.29, 1.82) is 0 Å². The van der Waals surface area contributed by atoms with Crippen LogP contribution < -0.4 is 5.32 Å². The SMILES string of the molecule is CCC(=O)N1CCNC(=O)[C@@H]1CC(C)C. The minimum absolute atomic E-state index is 0.00301. The van der Waals surface area contributed by atoms with Gasteiger partial charge in [0.15, 0.2) is 0 Å². The molecule has 0 spiro atoms. The lowest BCUT2D eigenvalue weighted by molar-refractivity contribution is -0.143. The van der Waals surface area contributed by atoms with Crippen LogP contribution in [0.5, 0.6) is 0 Å². The van der Waals surface area contributed by atoms with Crippen molar-refractivity contribution in [2.24, 2.45) is 5.92 Å². The van der Waals surface area contributed by atoms with Crippen LogP contribution in [0.2, 0.25) is 0 Å². The van der Waals surface area contributed by atoms with Gasteiger partial charge in [0.1, 0.15) is 6.04 Å². The monoisotopic (exact) mass is 212 g/mol. The second kappa shape index (κ2) is 5.14. The maximum atomic E-state index is 11.7.